The van der Waals surface area contributed by atoms with E-state index in [9.17, 15) is 0 Å². The number of nitrogens with zero attached hydrogens (tertiary/aromatic N) is 4. The molecule has 0 aromatic carbocycles. The zero-order chi connectivity index (χ0) is 13.1. The summed E-state index contributed by atoms with van der Waals surface area (Å²) in [4.78, 5) is 8.54. The highest BCUT2D eigenvalue weighted by atomic mass is 16.5. The summed E-state index contributed by atoms with van der Waals surface area (Å²) in [6.45, 7) is 2.02. The van der Waals surface area contributed by atoms with Crippen LogP contribution in [0.1, 0.15) is 23.0 Å². The van der Waals surface area contributed by atoms with Crippen LogP contribution < -0.4 is 10.1 Å². The molecule has 0 radical (unpaired) electrons. The third-order valence-electron chi connectivity index (χ3n) is 3.03. The first-order valence-electron chi connectivity index (χ1n) is 5.69. The summed E-state index contributed by atoms with van der Waals surface area (Å²) in [7, 11) is 5.39. The van der Waals surface area contributed by atoms with Crippen molar-refractivity contribution in [3.63, 3.8) is 0 Å². The molecule has 6 heteroatoms. The molecule has 6 nitrogen and oxygen atoms in total. The summed E-state index contributed by atoms with van der Waals surface area (Å²) < 4.78 is 7.09. The topological polar surface area (TPSA) is 64.9 Å². The molecule has 1 atom stereocenters. The lowest BCUT2D eigenvalue weighted by molar-refractivity contribution is 0.384. The minimum Gasteiger partial charge on any atom is -0.480 e. The number of hydrogen-bond acceptors (Lipinski definition) is 5. The quantitative estimate of drug-likeness (QED) is 0.867. The van der Waals surface area contributed by atoms with E-state index in [2.05, 4.69) is 20.4 Å². The van der Waals surface area contributed by atoms with Gasteiger partial charge in [0.25, 0.3) is 0 Å². The van der Waals surface area contributed by atoms with E-state index >= 15 is 0 Å². The van der Waals surface area contributed by atoms with Gasteiger partial charge < -0.3 is 10.1 Å². The molecule has 0 bridgehead atoms. The molecule has 18 heavy (non-hydrogen) atoms. The first-order chi connectivity index (χ1) is 8.69. The standard InChI is InChI=1S/C12H17N5O/c1-8-9(7-16-17(8)3)10(13-2)11-12(18-4)15-6-5-14-11/h5-7,10,13H,1-4H3. The number of nitrogens with one attached hydrogen (secondary N) is 1. The van der Waals surface area contributed by atoms with Gasteiger partial charge in [0, 0.05) is 30.7 Å². The average molecular weight is 247 g/mol. The van der Waals surface area contributed by atoms with Crippen LogP contribution in [0.2, 0.25) is 0 Å². The van der Waals surface area contributed by atoms with Gasteiger partial charge in [0.1, 0.15) is 5.69 Å². The Hall–Kier alpha value is -1.95. The molecule has 0 fully saturated rings. The minimum atomic E-state index is -0.0812. The summed E-state index contributed by atoms with van der Waals surface area (Å²) in [6, 6.07) is -0.0812. The molecular weight excluding hydrogens is 230 g/mol. The normalized spacial score (nSPS) is 12.4. The summed E-state index contributed by atoms with van der Waals surface area (Å²) in [6.07, 6.45) is 5.11. The van der Waals surface area contributed by atoms with E-state index in [1.807, 2.05) is 31.9 Å². The van der Waals surface area contributed by atoms with Crippen LogP contribution in [-0.2, 0) is 7.05 Å². The molecule has 0 aliphatic carbocycles. The van der Waals surface area contributed by atoms with Crippen molar-refractivity contribution in [3.8, 4) is 5.88 Å². The summed E-state index contributed by atoms with van der Waals surface area (Å²) in [5, 5.41) is 7.48. The Morgan fingerprint density at radius 2 is 2.06 bits per heavy atom. The largest absolute Gasteiger partial charge is 0.480 e. The van der Waals surface area contributed by atoms with Crippen LogP contribution >= 0.6 is 0 Å². The molecule has 2 rings (SSSR count). The van der Waals surface area contributed by atoms with Crippen LogP contribution in [-0.4, -0.2) is 33.9 Å². The summed E-state index contributed by atoms with van der Waals surface area (Å²) in [5.74, 6) is 0.528. The Morgan fingerprint density at radius 3 is 2.61 bits per heavy atom. The van der Waals surface area contributed by atoms with E-state index in [1.165, 1.54) is 0 Å². The third kappa shape index (κ3) is 2.06. The predicted molar refractivity (Wildman–Crippen MR) is 67.4 cm³/mol. The molecule has 0 aliphatic heterocycles. The smallest absolute Gasteiger partial charge is 0.237 e. The van der Waals surface area contributed by atoms with Gasteiger partial charge in [-0.25, -0.2) is 4.98 Å². The number of aryl methyl sites for hydroxylation is 1. The van der Waals surface area contributed by atoms with Gasteiger partial charge in [0.05, 0.1) is 19.3 Å². The second-order valence-electron chi connectivity index (χ2n) is 3.98. The third-order valence-corrected chi connectivity index (χ3v) is 3.03. The fraction of sp³-hybridized carbons (Fsp3) is 0.417. The van der Waals surface area contributed by atoms with E-state index in [4.69, 9.17) is 4.74 Å². The number of hydrogen-bond donors (Lipinski definition) is 1. The highest BCUT2D eigenvalue weighted by Crippen LogP contribution is 2.27. The lowest BCUT2D eigenvalue weighted by Crippen LogP contribution is -2.20. The lowest BCUT2D eigenvalue weighted by atomic mass is 10.1. The molecule has 0 saturated heterocycles. The van der Waals surface area contributed by atoms with E-state index in [1.54, 1.807) is 19.5 Å². The van der Waals surface area contributed by atoms with Crippen LogP contribution in [0, 0.1) is 6.92 Å². The Kier molecular flexibility index (Phi) is 3.57. The van der Waals surface area contributed by atoms with E-state index in [-0.39, 0.29) is 6.04 Å². The van der Waals surface area contributed by atoms with Gasteiger partial charge >= 0.3 is 0 Å². The van der Waals surface area contributed by atoms with Gasteiger partial charge in [-0.1, -0.05) is 0 Å². The van der Waals surface area contributed by atoms with E-state index in [0.717, 1.165) is 17.0 Å². The van der Waals surface area contributed by atoms with Crippen LogP contribution in [0.15, 0.2) is 18.6 Å². The van der Waals surface area contributed by atoms with E-state index in [0.29, 0.717) is 5.88 Å². The summed E-state index contributed by atoms with van der Waals surface area (Å²) >= 11 is 0. The van der Waals surface area contributed by atoms with Crippen LogP contribution in [0.4, 0.5) is 0 Å². The molecule has 2 heterocycles. The molecule has 1 N–H and O–H groups in total. The van der Waals surface area contributed by atoms with Gasteiger partial charge in [0.2, 0.25) is 5.88 Å². The fourth-order valence-corrected chi connectivity index (χ4v) is 1.93. The molecule has 1 unspecified atom stereocenters. The lowest BCUT2D eigenvalue weighted by Gasteiger charge is -2.17. The molecule has 2 aromatic rings. The summed E-state index contributed by atoms with van der Waals surface area (Å²) in [5.41, 5.74) is 2.92. The molecule has 0 aliphatic rings. The predicted octanol–water partition coefficient (Wildman–Crippen LogP) is 0.836. The molecule has 0 saturated carbocycles. The van der Waals surface area contributed by atoms with Gasteiger partial charge in [-0.15, -0.1) is 0 Å². The maximum atomic E-state index is 5.26. The van der Waals surface area contributed by atoms with Crippen LogP contribution in [0.3, 0.4) is 0 Å². The monoisotopic (exact) mass is 247 g/mol. The number of aromatic nitrogens is 4. The SMILES string of the molecule is CNC(c1cnn(C)c1C)c1nccnc1OC. The maximum absolute atomic E-state index is 5.26. The van der Waals surface area contributed by atoms with Gasteiger partial charge in [-0.2, -0.15) is 5.10 Å². The zero-order valence-corrected chi connectivity index (χ0v) is 11.0. The van der Waals surface area contributed by atoms with Crippen LogP contribution in [0.5, 0.6) is 5.88 Å². The van der Waals surface area contributed by atoms with Gasteiger partial charge in [-0.3, -0.25) is 9.67 Å². The second kappa shape index (κ2) is 5.14. The van der Waals surface area contributed by atoms with Crippen molar-refractivity contribution in [1.29, 1.82) is 0 Å². The Labute approximate surface area is 106 Å². The Morgan fingerprint density at radius 1 is 1.33 bits per heavy atom. The van der Waals surface area contributed by atoms with Crippen molar-refractivity contribution in [2.75, 3.05) is 14.2 Å². The van der Waals surface area contributed by atoms with Crippen molar-refractivity contribution in [1.82, 2.24) is 25.1 Å². The van der Waals surface area contributed by atoms with Crippen molar-refractivity contribution in [2.24, 2.45) is 7.05 Å². The molecule has 96 valence electrons. The molecule has 0 amide bonds. The highest BCUT2D eigenvalue weighted by Gasteiger charge is 2.22. The first kappa shape index (κ1) is 12.5. The zero-order valence-electron chi connectivity index (χ0n) is 11.0. The molecule has 0 spiro atoms. The van der Waals surface area contributed by atoms with Crippen LogP contribution in [0.25, 0.3) is 0 Å². The van der Waals surface area contributed by atoms with Crippen molar-refractivity contribution < 1.29 is 4.74 Å². The second-order valence-corrected chi connectivity index (χ2v) is 3.98. The average Bonchev–Trinajstić information content (AvgIpc) is 2.73. The maximum Gasteiger partial charge on any atom is 0.237 e. The Balaban J connectivity index is 2.48. The van der Waals surface area contributed by atoms with Gasteiger partial charge in [-0.05, 0) is 14.0 Å². The van der Waals surface area contributed by atoms with Crippen molar-refractivity contribution >= 4 is 0 Å². The van der Waals surface area contributed by atoms with E-state index < -0.39 is 0 Å². The molecule has 2 aromatic heterocycles. The minimum absolute atomic E-state index is 0.0812. The first-order valence-corrected chi connectivity index (χ1v) is 5.69. The number of ether oxygens (including phenoxy) is 1. The van der Waals surface area contributed by atoms with Crippen molar-refractivity contribution in [3.05, 3.63) is 35.5 Å². The number of methoxy groups -OCH3 is 1. The van der Waals surface area contributed by atoms with Crippen molar-refractivity contribution in [2.45, 2.75) is 13.0 Å². The molecular formula is C12H17N5O. The van der Waals surface area contributed by atoms with Gasteiger partial charge in [0.15, 0.2) is 0 Å². The fourth-order valence-electron chi connectivity index (χ4n) is 1.93. The number of rotatable bonds is 4. The Bertz CT molecular complexity index is 537. The highest BCUT2D eigenvalue weighted by molar-refractivity contribution is 5.33.